The largest absolute Gasteiger partial charge is 0.504 e. The van der Waals surface area contributed by atoms with E-state index in [2.05, 4.69) is 0 Å². The van der Waals surface area contributed by atoms with Crippen molar-refractivity contribution in [3.05, 3.63) is 59.4 Å². The van der Waals surface area contributed by atoms with Crippen LogP contribution in [0.4, 0.5) is 4.39 Å². The van der Waals surface area contributed by atoms with E-state index in [9.17, 15) is 29.3 Å². The highest BCUT2D eigenvalue weighted by atomic mass is 19.1. The third kappa shape index (κ3) is 4.02. The first-order chi connectivity index (χ1) is 13.8. The predicted molar refractivity (Wildman–Crippen MR) is 101 cm³/mol. The first kappa shape index (κ1) is 20.6. The highest BCUT2D eigenvalue weighted by molar-refractivity contribution is 5.95. The van der Waals surface area contributed by atoms with Gasteiger partial charge in [0.2, 0.25) is 0 Å². The van der Waals surface area contributed by atoms with Crippen LogP contribution < -0.4 is 4.74 Å². The van der Waals surface area contributed by atoms with E-state index >= 15 is 0 Å². The van der Waals surface area contributed by atoms with E-state index in [1.54, 1.807) is 0 Å². The van der Waals surface area contributed by atoms with Crippen molar-refractivity contribution in [3.63, 3.8) is 0 Å². The van der Waals surface area contributed by atoms with Crippen molar-refractivity contribution >= 4 is 11.9 Å². The number of aliphatic hydroxyl groups is 1. The molecule has 0 spiro atoms. The van der Waals surface area contributed by atoms with Gasteiger partial charge < -0.3 is 25.0 Å². The molecule has 0 aliphatic carbocycles. The number of amides is 1. The summed E-state index contributed by atoms with van der Waals surface area (Å²) in [5.74, 6) is -2.12. The predicted octanol–water partition coefficient (Wildman–Crippen LogP) is 2.06. The minimum atomic E-state index is -1.62. The quantitative estimate of drug-likeness (QED) is 0.706. The van der Waals surface area contributed by atoms with Gasteiger partial charge in [0, 0.05) is 18.7 Å². The Morgan fingerprint density at radius 3 is 2.52 bits per heavy atom. The number of rotatable bonds is 5. The molecule has 3 N–H and O–H groups in total. The molecular weight excluding hydrogens is 381 g/mol. The summed E-state index contributed by atoms with van der Waals surface area (Å²) in [6, 6.07) is 9.57. The Morgan fingerprint density at radius 2 is 1.93 bits per heavy atom. The van der Waals surface area contributed by atoms with E-state index < -0.39 is 29.2 Å². The van der Waals surface area contributed by atoms with Gasteiger partial charge in [-0.2, -0.15) is 0 Å². The van der Waals surface area contributed by atoms with Crippen molar-refractivity contribution < 1.29 is 34.0 Å². The fourth-order valence-corrected chi connectivity index (χ4v) is 3.68. The molecule has 0 aromatic heterocycles. The SMILES string of the molecule is COc1ccc(C(=O)N2CC[C@H](O)[C@](Cc3ccc(F)cc3)(C(=O)O)C2)cc1O. The van der Waals surface area contributed by atoms with Crippen LogP contribution in [-0.4, -0.2) is 58.4 Å². The van der Waals surface area contributed by atoms with Crippen LogP contribution in [0.1, 0.15) is 22.3 Å². The number of aliphatic hydroxyl groups excluding tert-OH is 1. The van der Waals surface area contributed by atoms with Crippen LogP contribution in [-0.2, 0) is 11.2 Å². The van der Waals surface area contributed by atoms with Crippen molar-refractivity contribution in [1.82, 2.24) is 4.90 Å². The van der Waals surface area contributed by atoms with Crippen LogP contribution in [0.3, 0.4) is 0 Å². The number of hydrogen-bond donors (Lipinski definition) is 3. The number of benzene rings is 2. The molecule has 0 saturated carbocycles. The number of piperidine rings is 1. The molecule has 1 saturated heterocycles. The third-order valence-corrected chi connectivity index (χ3v) is 5.36. The Morgan fingerprint density at radius 1 is 1.24 bits per heavy atom. The molecule has 7 nitrogen and oxygen atoms in total. The third-order valence-electron chi connectivity index (χ3n) is 5.36. The molecule has 29 heavy (non-hydrogen) atoms. The van der Waals surface area contributed by atoms with Crippen molar-refractivity contribution in [3.8, 4) is 11.5 Å². The lowest BCUT2D eigenvalue weighted by molar-refractivity contribution is -0.161. The van der Waals surface area contributed by atoms with Crippen LogP contribution >= 0.6 is 0 Å². The van der Waals surface area contributed by atoms with Crippen LogP contribution in [0.15, 0.2) is 42.5 Å². The summed E-state index contributed by atoms with van der Waals surface area (Å²) >= 11 is 0. The lowest BCUT2D eigenvalue weighted by Gasteiger charge is -2.43. The molecule has 0 radical (unpaired) electrons. The van der Waals surface area contributed by atoms with Gasteiger partial charge in [-0.05, 0) is 48.7 Å². The number of carboxylic acid groups (broad SMARTS) is 1. The summed E-state index contributed by atoms with van der Waals surface area (Å²) in [6.45, 7) is -0.0439. The molecule has 0 bridgehead atoms. The summed E-state index contributed by atoms with van der Waals surface area (Å²) in [7, 11) is 1.39. The Hall–Kier alpha value is -3.13. The molecule has 1 fully saturated rings. The molecule has 2 aromatic carbocycles. The van der Waals surface area contributed by atoms with Gasteiger partial charge in [-0.15, -0.1) is 0 Å². The van der Waals surface area contributed by atoms with E-state index in [4.69, 9.17) is 4.74 Å². The van der Waals surface area contributed by atoms with E-state index in [0.29, 0.717) is 5.56 Å². The van der Waals surface area contributed by atoms with Crippen LogP contribution in [0, 0.1) is 11.2 Å². The van der Waals surface area contributed by atoms with Gasteiger partial charge >= 0.3 is 5.97 Å². The number of carbonyl (C=O) groups excluding carboxylic acids is 1. The Bertz CT molecular complexity index is 916. The molecular formula is C21H22FNO6. The Kier molecular flexibility index (Phi) is 5.74. The maximum Gasteiger partial charge on any atom is 0.314 e. The van der Waals surface area contributed by atoms with E-state index in [1.165, 1.54) is 54.5 Å². The number of carboxylic acids is 1. The zero-order valence-electron chi connectivity index (χ0n) is 15.8. The van der Waals surface area contributed by atoms with Gasteiger partial charge in [0.25, 0.3) is 5.91 Å². The van der Waals surface area contributed by atoms with Gasteiger partial charge in [0.15, 0.2) is 11.5 Å². The number of carbonyl (C=O) groups is 2. The van der Waals surface area contributed by atoms with Crippen LogP contribution in [0.25, 0.3) is 0 Å². The molecule has 3 rings (SSSR count). The second-order valence-corrected chi connectivity index (χ2v) is 7.18. The highest BCUT2D eigenvalue weighted by Gasteiger charge is 2.50. The molecule has 154 valence electrons. The number of likely N-dealkylation sites (tertiary alicyclic amines) is 1. The number of hydrogen-bond acceptors (Lipinski definition) is 5. The van der Waals surface area contributed by atoms with Crippen molar-refractivity contribution in [2.45, 2.75) is 18.9 Å². The molecule has 1 aliphatic rings. The van der Waals surface area contributed by atoms with Crippen molar-refractivity contribution in [2.24, 2.45) is 5.41 Å². The number of ether oxygens (including phenoxy) is 1. The highest BCUT2D eigenvalue weighted by Crippen LogP contribution is 2.36. The minimum absolute atomic E-state index is 0.0541. The monoisotopic (exact) mass is 403 g/mol. The molecule has 0 unspecified atom stereocenters. The summed E-state index contributed by atoms with van der Waals surface area (Å²) in [4.78, 5) is 26.4. The summed E-state index contributed by atoms with van der Waals surface area (Å²) < 4.78 is 18.2. The van der Waals surface area contributed by atoms with Gasteiger partial charge in [-0.1, -0.05) is 12.1 Å². The zero-order chi connectivity index (χ0) is 21.2. The van der Waals surface area contributed by atoms with Crippen LogP contribution in [0.2, 0.25) is 0 Å². The normalized spacial score (nSPS) is 21.6. The fourth-order valence-electron chi connectivity index (χ4n) is 3.68. The van der Waals surface area contributed by atoms with Crippen molar-refractivity contribution in [2.75, 3.05) is 20.2 Å². The van der Waals surface area contributed by atoms with Crippen molar-refractivity contribution in [1.29, 1.82) is 0 Å². The molecule has 2 atom stereocenters. The average Bonchev–Trinajstić information content (AvgIpc) is 2.70. The van der Waals surface area contributed by atoms with E-state index in [-0.39, 0.29) is 43.0 Å². The molecule has 2 aromatic rings. The standard InChI is InChI=1S/C21H22FNO6/c1-29-17-7-4-14(10-16(17)24)19(26)23-9-8-18(25)21(12-23,20(27)28)11-13-2-5-15(22)6-3-13/h2-7,10,18,24-25H,8-9,11-12H2,1H3,(H,27,28)/t18-,21+/m0/s1. The summed E-state index contributed by atoms with van der Waals surface area (Å²) in [5.41, 5.74) is -0.898. The number of aromatic hydroxyl groups is 1. The summed E-state index contributed by atoms with van der Waals surface area (Å²) in [5, 5.41) is 30.4. The number of aliphatic carboxylic acids is 1. The Labute approximate surface area is 167 Å². The molecule has 8 heteroatoms. The Balaban J connectivity index is 1.88. The topological polar surface area (TPSA) is 107 Å². The maximum atomic E-state index is 13.2. The van der Waals surface area contributed by atoms with Crippen LogP contribution in [0.5, 0.6) is 11.5 Å². The lowest BCUT2D eigenvalue weighted by atomic mass is 9.72. The fraction of sp³-hybridized carbons (Fsp3) is 0.333. The molecule has 1 amide bonds. The lowest BCUT2D eigenvalue weighted by Crippen LogP contribution is -2.58. The van der Waals surface area contributed by atoms with Gasteiger partial charge in [0.1, 0.15) is 11.2 Å². The first-order valence-corrected chi connectivity index (χ1v) is 9.09. The first-order valence-electron chi connectivity index (χ1n) is 9.09. The van der Waals surface area contributed by atoms with E-state index in [1.807, 2.05) is 0 Å². The molecule has 1 aliphatic heterocycles. The molecule has 1 heterocycles. The zero-order valence-corrected chi connectivity index (χ0v) is 15.8. The number of phenolic OH excluding ortho intramolecular Hbond substituents is 1. The number of phenols is 1. The second-order valence-electron chi connectivity index (χ2n) is 7.18. The average molecular weight is 403 g/mol. The minimum Gasteiger partial charge on any atom is -0.504 e. The van der Waals surface area contributed by atoms with Gasteiger partial charge in [-0.25, -0.2) is 4.39 Å². The summed E-state index contributed by atoms with van der Waals surface area (Å²) in [6.07, 6.45) is -1.14. The smallest absolute Gasteiger partial charge is 0.314 e. The van der Waals surface area contributed by atoms with Gasteiger partial charge in [0.05, 0.1) is 13.2 Å². The van der Waals surface area contributed by atoms with E-state index in [0.717, 1.165) is 0 Å². The number of methoxy groups -OCH3 is 1. The van der Waals surface area contributed by atoms with Gasteiger partial charge in [-0.3, -0.25) is 9.59 Å². The number of nitrogens with zero attached hydrogens (tertiary/aromatic N) is 1. The maximum absolute atomic E-state index is 13.2. The number of halogens is 1. The second kappa shape index (κ2) is 8.08.